The summed E-state index contributed by atoms with van der Waals surface area (Å²) >= 11 is 0. The third-order valence-electron chi connectivity index (χ3n) is 2.40. The molecule has 19 heavy (non-hydrogen) atoms. The van der Waals surface area contributed by atoms with Crippen LogP contribution in [0.4, 0.5) is 4.79 Å². The van der Waals surface area contributed by atoms with Gasteiger partial charge in [-0.25, -0.2) is 4.79 Å². The lowest BCUT2D eigenvalue weighted by atomic mass is 10.2. The van der Waals surface area contributed by atoms with Crippen LogP contribution in [0.25, 0.3) is 0 Å². The number of aromatic nitrogens is 2. The summed E-state index contributed by atoms with van der Waals surface area (Å²) in [5.41, 5.74) is 0.800. The minimum absolute atomic E-state index is 0.00539. The standard InChI is InChI=1S/C11H16N4O4/c1-15-8(5-6-13-15)7-12-11(19)14-9(16)3-2-4-10(17)18/h5-6H,2-4,7H2,1H3,(H,17,18)(H2,12,14,16,19). The van der Waals surface area contributed by atoms with Gasteiger partial charge >= 0.3 is 12.0 Å². The van der Waals surface area contributed by atoms with Crippen molar-refractivity contribution in [3.05, 3.63) is 18.0 Å². The fraction of sp³-hybridized carbons (Fsp3) is 0.455. The summed E-state index contributed by atoms with van der Waals surface area (Å²) in [5, 5.41) is 17.0. The van der Waals surface area contributed by atoms with Gasteiger partial charge in [-0.2, -0.15) is 5.10 Å². The quantitative estimate of drug-likeness (QED) is 0.672. The maximum Gasteiger partial charge on any atom is 0.321 e. The lowest BCUT2D eigenvalue weighted by molar-refractivity contribution is -0.137. The minimum atomic E-state index is -0.964. The first-order chi connectivity index (χ1) is 8.99. The van der Waals surface area contributed by atoms with Crippen molar-refractivity contribution in [1.82, 2.24) is 20.4 Å². The lowest BCUT2D eigenvalue weighted by Gasteiger charge is -2.06. The zero-order valence-electron chi connectivity index (χ0n) is 10.5. The maximum absolute atomic E-state index is 11.4. The molecule has 104 valence electrons. The highest BCUT2D eigenvalue weighted by Crippen LogP contribution is 1.96. The zero-order valence-corrected chi connectivity index (χ0v) is 10.5. The first-order valence-electron chi connectivity index (χ1n) is 5.75. The van der Waals surface area contributed by atoms with E-state index >= 15 is 0 Å². The third kappa shape index (κ3) is 5.66. The summed E-state index contributed by atoms with van der Waals surface area (Å²) in [6.45, 7) is 0.255. The molecule has 0 atom stereocenters. The minimum Gasteiger partial charge on any atom is -0.481 e. The van der Waals surface area contributed by atoms with Gasteiger partial charge in [0.1, 0.15) is 0 Å². The number of carboxylic acid groups (broad SMARTS) is 1. The summed E-state index contributed by atoms with van der Waals surface area (Å²) in [6, 6.07) is 1.14. The van der Waals surface area contributed by atoms with Gasteiger partial charge in [-0.1, -0.05) is 0 Å². The second kappa shape index (κ2) is 7.14. The number of hydrogen-bond donors (Lipinski definition) is 3. The van der Waals surface area contributed by atoms with Crippen molar-refractivity contribution in [2.24, 2.45) is 7.05 Å². The monoisotopic (exact) mass is 268 g/mol. The first-order valence-corrected chi connectivity index (χ1v) is 5.75. The topological polar surface area (TPSA) is 113 Å². The van der Waals surface area contributed by atoms with E-state index in [4.69, 9.17) is 5.11 Å². The SMILES string of the molecule is Cn1nccc1CNC(=O)NC(=O)CCCC(=O)O. The van der Waals surface area contributed by atoms with Crippen LogP contribution in [-0.4, -0.2) is 32.8 Å². The maximum atomic E-state index is 11.4. The van der Waals surface area contributed by atoms with E-state index in [1.54, 1.807) is 24.0 Å². The Morgan fingerprint density at radius 3 is 2.68 bits per heavy atom. The van der Waals surface area contributed by atoms with Gasteiger partial charge in [0.2, 0.25) is 5.91 Å². The number of imide groups is 1. The molecule has 0 radical (unpaired) electrons. The Balaban J connectivity index is 2.22. The van der Waals surface area contributed by atoms with Crippen molar-refractivity contribution in [1.29, 1.82) is 0 Å². The van der Waals surface area contributed by atoms with E-state index in [0.29, 0.717) is 0 Å². The Kier molecular flexibility index (Phi) is 5.52. The van der Waals surface area contributed by atoms with E-state index in [-0.39, 0.29) is 25.8 Å². The van der Waals surface area contributed by atoms with Gasteiger partial charge in [0.25, 0.3) is 0 Å². The highest BCUT2D eigenvalue weighted by molar-refractivity contribution is 5.94. The molecular weight excluding hydrogens is 252 g/mol. The van der Waals surface area contributed by atoms with Crippen molar-refractivity contribution in [2.75, 3.05) is 0 Å². The molecule has 0 bridgehead atoms. The normalized spacial score (nSPS) is 9.95. The molecule has 0 aromatic carbocycles. The number of aliphatic carboxylic acids is 1. The highest BCUT2D eigenvalue weighted by Gasteiger charge is 2.08. The highest BCUT2D eigenvalue weighted by atomic mass is 16.4. The molecule has 0 fully saturated rings. The van der Waals surface area contributed by atoms with Crippen LogP contribution in [0.15, 0.2) is 12.3 Å². The molecule has 0 aliphatic heterocycles. The number of nitrogens with zero attached hydrogens (tertiary/aromatic N) is 2. The molecule has 0 saturated carbocycles. The molecule has 0 aliphatic carbocycles. The summed E-state index contributed by atoms with van der Waals surface area (Å²) in [5.74, 6) is -1.46. The van der Waals surface area contributed by atoms with Gasteiger partial charge in [0.15, 0.2) is 0 Å². The third-order valence-corrected chi connectivity index (χ3v) is 2.40. The fourth-order valence-electron chi connectivity index (χ4n) is 1.38. The van der Waals surface area contributed by atoms with E-state index in [1.165, 1.54) is 0 Å². The smallest absolute Gasteiger partial charge is 0.321 e. The van der Waals surface area contributed by atoms with Crippen molar-refractivity contribution in [2.45, 2.75) is 25.8 Å². The molecule has 1 aromatic rings. The van der Waals surface area contributed by atoms with Crippen molar-refractivity contribution in [3.63, 3.8) is 0 Å². The fourth-order valence-corrected chi connectivity index (χ4v) is 1.38. The molecule has 0 spiro atoms. The van der Waals surface area contributed by atoms with E-state index < -0.39 is 17.9 Å². The zero-order chi connectivity index (χ0) is 14.3. The molecule has 1 heterocycles. The molecule has 1 aromatic heterocycles. The second-order valence-electron chi connectivity index (χ2n) is 3.92. The molecule has 8 nitrogen and oxygen atoms in total. The van der Waals surface area contributed by atoms with E-state index in [9.17, 15) is 14.4 Å². The van der Waals surface area contributed by atoms with Crippen LogP contribution in [0.5, 0.6) is 0 Å². The number of nitrogens with one attached hydrogen (secondary N) is 2. The molecule has 3 amide bonds. The molecule has 3 N–H and O–H groups in total. The van der Waals surface area contributed by atoms with Crippen LogP contribution in [0, 0.1) is 0 Å². The molecule has 0 saturated heterocycles. The second-order valence-corrected chi connectivity index (χ2v) is 3.92. The predicted octanol–water partition coefficient (Wildman–Crippen LogP) is 0.000800. The summed E-state index contributed by atoms with van der Waals surface area (Å²) in [6.07, 6.45) is 1.72. The summed E-state index contributed by atoms with van der Waals surface area (Å²) in [7, 11) is 1.74. The molecule has 0 unspecified atom stereocenters. The van der Waals surface area contributed by atoms with Crippen LogP contribution in [0.2, 0.25) is 0 Å². The number of rotatable bonds is 6. The average Bonchev–Trinajstić information content (AvgIpc) is 2.71. The Morgan fingerprint density at radius 1 is 1.37 bits per heavy atom. The Bertz CT molecular complexity index is 469. The van der Waals surface area contributed by atoms with Crippen LogP contribution < -0.4 is 10.6 Å². The summed E-state index contributed by atoms with van der Waals surface area (Å²) in [4.78, 5) is 32.9. The lowest BCUT2D eigenvalue weighted by Crippen LogP contribution is -2.39. The Labute approximate surface area is 109 Å². The number of carbonyl (C=O) groups excluding carboxylic acids is 2. The number of carbonyl (C=O) groups is 3. The number of hydrogen-bond acceptors (Lipinski definition) is 4. The van der Waals surface area contributed by atoms with Crippen LogP contribution in [-0.2, 0) is 23.2 Å². The van der Waals surface area contributed by atoms with Crippen molar-refractivity contribution >= 4 is 17.9 Å². The summed E-state index contributed by atoms with van der Waals surface area (Å²) < 4.78 is 1.61. The van der Waals surface area contributed by atoms with Gasteiger partial charge in [-0.3, -0.25) is 19.6 Å². The van der Waals surface area contributed by atoms with Crippen LogP contribution in [0.3, 0.4) is 0 Å². The van der Waals surface area contributed by atoms with E-state index in [0.717, 1.165) is 5.69 Å². The Hall–Kier alpha value is -2.38. The van der Waals surface area contributed by atoms with Crippen LogP contribution >= 0.6 is 0 Å². The number of amides is 3. The average molecular weight is 268 g/mol. The number of urea groups is 1. The first kappa shape index (κ1) is 14.7. The largest absolute Gasteiger partial charge is 0.481 e. The van der Waals surface area contributed by atoms with Crippen molar-refractivity contribution < 1.29 is 19.5 Å². The van der Waals surface area contributed by atoms with Gasteiger partial charge in [0.05, 0.1) is 12.2 Å². The molecule has 1 rings (SSSR count). The molecule has 8 heteroatoms. The molecular formula is C11H16N4O4. The van der Waals surface area contributed by atoms with Gasteiger partial charge < -0.3 is 10.4 Å². The van der Waals surface area contributed by atoms with Crippen LogP contribution in [0.1, 0.15) is 25.0 Å². The van der Waals surface area contributed by atoms with Gasteiger partial charge in [-0.15, -0.1) is 0 Å². The number of aryl methyl sites for hydroxylation is 1. The van der Waals surface area contributed by atoms with E-state index in [1.807, 2.05) is 0 Å². The van der Waals surface area contributed by atoms with Gasteiger partial charge in [-0.05, 0) is 12.5 Å². The van der Waals surface area contributed by atoms with E-state index in [2.05, 4.69) is 15.7 Å². The van der Waals surface area contributed by atoms with Gasteiger partial charge in [0, 0.05) is 26.1 Å². The van der Waals surface area contributed by atoms with Crippen molar-refractivity contribution in [3.8, 4) is 0 Å². The Morgan fingerprint density at radius 2 is 2.11 bits per heavy atom. The predicted molar refractivity (Wildman–Crippen MR) is 65.1 cm³/mol. The number of carboxylic acids is 1. The molecule has 0 aliphatic rings.